The number of carbonyl (C=O) groups is 1. The van der Waals surface area contributed by atoms with Gasteiger partial charge in [-0.15, -0.1) is 0 Å². The summed E-state index contributed by atoms with van der Waals surface area (Å²) < 4.78 is 18.0. The second-order valence-electron chi connectivity index (χ2n) is 3.91. The smallest absolute Gasteiger partial charge is 0.373 e. The molecule has 2 N–H and O–H groups in total. The summed E-state index contributed by atoms with van der Waals surface area (Å²) in [5, 5.41) is 12.0. The molecular weight excluding hydrogens is 257 g/mol. The lowest BCUT2D eigenvalue weighted by molar-refractivity contribution is -0.191. The van der Waals surface area contributed by atoms with Crippen LogP contribution in [0.5, 0.6) is 0 Å². The first-order chi connectivity index (χ1) is 9.04. The van der Waals surface area contributed by atoms with Gasteiger partial charge in [-0.05, 0) is 18.2 Å². The molecule has 1 aromatic carbocycles. The maximum Gasteiger partial charge on any atom is 0.373 e. The first kappa shape index (κ1) is 14.8. The van der Waals surface area contributed by atoms with E-state index in [-0.39, 0.29) is 12.8 Å². The Morgan fingerprint density at radius 3 is 2.63 bits per heavy atom. The van der Waals surface area contributed by atoms with Crippen LogP contribution in [0.25, 0.3) is 0 Å². The molecule has 1 aliphatic heterocycles. The fourth-order valence-electron chi connectivity index (χ4n) is 1.73. The summed E-state index contributed by atoms with van der Waals surface area (Å²) in [6.45, 7) is 0.494. The minimum Gasteiger partial charge on any atom is -0.479 e. The highest BCUT2D eigenvalue weighted by atomic mass is 19.1. The van der Waals surface area contributed by atoms with Crippen molar-refractivity contribution in [2.24, 2.45) is 0 Å². The van der Waals surface area contributed by atoms with E-state index in [1.165, 1.54) is 18.2 Å². The van der Waals surface area contributed by atoms with E-state index in [1.54, 1.807) is 6.07 Å². The van der Waals surface area contributed by atoms with Crippen LogP contribution < -0.4 is 5.32 Å². The van der Waals surface area contributed by atoms with Crippen LogP contribution in [-0.2, 0) is 19.1 Å². The van der Waals surface area contributed by atoms with Crippen molar-refractivity contribution < 1.29 is 28.6 Å². The molecule has 1 atom stereocenters. The Morgan fingerprint density at radius 1 is 1.47 bits per heavy atom. The van der Waals surface area contributed by atoms with E-state index in [2.05, 4.69) is 5.32 Å². The third kappa shape index (κ3) is 3.87. The third-order valence-corrected chi connectivity index (χ3v) is 2.64. The van der Waals surface area contributed by atoms with Gasteiger partial charge < -0.3 is 15.2 Å². The Bertz CT molecular complexity index is 479. The van der Waals surface area contributed by atoms with Crippen molar-refractivity contribution in [3.8, 4) is 0 Å². The van der Waals surface area contributed by atoms with Gasteiger partial charge in [-0.2, -0.15) is 9.59 Å². The number of aliphatic carboxylic acids is 1. The van der Waals surface area contributed by atoms with E-state index in [0.29, 0.717) is 18.7 Å². The van der Waals surface area contributed by atoms with Crippen LogP contribution in [0.15, 0.2) is 24.3 Å². The third-order valence-electron chi connectivity index (χ3n) is 2.64. The van der Waals surface area contributed by atoms with Gasteiger partial charge in [0.25, 0.3) is 0 Å². The van der Waals surface area contributed by atoms with Crippen LogP contribution >= 0.6 is 0 Å². The lowest BCUT2D eigenvalue weighted by Crippen LogP contribution is -2.47. The Morgan fingerprint density at radius 2 is 2.16 bits per heavy atom. The fourth-order valence-corrected chi connectivity index (χ4v) is 1.73. The lowest BCUT2D eigenvalue weighted by Gasteiger charge is -2.24. The number of carboxylic acid groups (broad SMARTS) is 1. The normalized spacial score (nSPS) is 20.9. The van der Waals surface area contributed by atoms with Gasteiger partial charge in [-0.3, -0.25) is 0 Å². The summed E-state index contributed by atoms with van der Waals surface area (Å²) in [6.07, 6.45) is 0.624. The van der Waals surface area contributed by atoms with E-state index in [0.717, 1.165) is 0 Å². The average Bonchev–Trinajstić information content (AvgIpc) is 2.80. The number of nitrogens with one attached hydrogen (secondary N) is 1. The molecular formula is C12H12FNO5. The zero-order chi connectivity index (χ0) is 14.3. The van der Waals surface area contributed by atoms with E-state index in [4.69, 9.17) is 19.4 Å². The summed E-state index contributed by atoms with van der Waals surface area (Å²) >= 11 is 0. The fraction of sp³-hybridized carbons (Fsp3) is 0.333. The Balaban J connectivity index is 0.000000550. The first-order valence-electron chi connectivity index (χ1n) is 5.38. The monoisotopic (exact) mass is 269 g/mol. The number of benzene rings is 1. The molecule has 0 aromatic heterocycles. The number of halogens is 1. The Hall–Kier alpha value is -2.24. The molecule has 6 nitrogen and oxygen atoms in total. The number of hydrogen-bond donors (Lipinski definition) is 2. The maximum absolute atomic E-state index is 12.9. The van der Waals surface area contributed by atoms with Gasteiger partial charge in [0, 0.05) is 18.7 Å². The topological polar surface area (TPSA) is 92.7 Å². The number of ether oxygens (including phenoxy) is 1. The molecule has 1 saturated heterocycles. The summed E-state index contributed by atoms with van der Waals surface area (Å²) in [5.74, 6) is -1.38. The number of carbonyl (C=O) groups excluding carboxylic acids is 2. The minimum absolute atomic E-state index is 0.0961. The largest absolute Gasteiger partial charge is 0.479 e. The highest BCUT2D eigenvalue weighted by Gasteiger charge is 2.42. The lowest BCUT2D eigenvalue weighted by atomic mass is 9.98. The summed E-state index contributed by atoms with van der Waals surface area (Å²) in [7, 11) is 0. The van der Waals surface area contributed by atoms with Crippen LogP contribution in [-0.4, -0.2) is 36.0 Å². The number of rotatable bonds is 3. The van der Waals surface area contributed by atoms with Gasteiger partial charge >= 0.3 is 12.1 Å². The van der Waals surface area contributed by atoms with Crippen molar-refractivity contribution >= 4 is 17.8 Å². The molecule has 0 spiro atoms. The number of carboxylic acids is 1. The van der Waals surface area contributed by atoms with Crippen LogP contribution in [0.2, 0.25) is 0 Å². The molecule has 0 unspecified atom stereocenters. The molecule has 0 aliphatic carbocycles. The molecule has 0 bridgehead atoms. The number of hydrogen-bond acceptors (Lipinski definition) is 5. The molecule has 102 valence electrons. The van der Waals surface area contributed by atoms with Gasteiger partial charge in [0.15, 0.2) is 5.54 Å². The van der Waals surface area contributed by atoms with Crippen molar-refractivity contribution in [2.45, 2.75) is 12.0 Å². The summed E-state index contributed by atoms with van der Waals surface area (Å²) in [6, 6.07) is 5.74. The molecule has 0 amide bonds. The second kappa shape index (κ2) is 6.63. The molecule has 0 saturated carbocycles. The zero-order valence-corrected chi connectivity index (χ0v) is 9.89. The van der Waals surface area contributed by atoms with Crippen LogP contribution in [0.1, 0.15) is 6.42 Å². The molecule has 0 radical (unpaired) electrons. The predicted molar refractivity (Wildman–Crippen MR) is 60.8 cm³/mol. The Kier molecular flexibility index (Phi) is 5.17. The van der Waals surface area contributed by atoms with Gasteiger partial charge in [-0.25, -0.2) is 9.18 Å². The van der Waals surface area contributed by atoms with Crippen molar-refractivity contribution in [1.82, 2.24) is 0 Å². The zero-order valence-electron chi connectivity index (χ0n) is 9.89. The summed E-state index contributed by atoms with van der Waals surface area (Å²) in [4.78, 5) is 27.4. The van der Waals surface area contributed by atoms with Crippen molar-refractivity contribution in [2.75, 3.05) is 18.5 Å². The van der Waals surface area contributed by atoms with Crippen LogP contribution in [0.3, 0.4) is 0 Å². The van der Waals surface area contributed by atoms with Crippen LogP contribution in [0.4, 0.5) is 10.1 Å². The quantitative estimate of drug-likeness (QED) is 0.846. The highest BCUT2D eigenvalue weighted by molar-refractivity contribution is 5.83. The van der Waals surface area contributed by atoms with Crippen molar-refractivity contribution in [1.29, 1.82) is 0 Å². The van der Waals surface area contributed by atoms with E-state index >= 15 is 0 Å². The van der Waals surface area contributed by atoms with Crippen molar-refractivity contribution in [3.63, 3.8) is 0 Å². The molecule has 1 heterocycles. The molecule has 19 heavy (non-hydrogen) atoms. The minimum atomic E-state index is -1.13. The van der Waals surface area contributed by atoms with Gasteiger partial charge in [0.1, 0.15) is 5.82 Å². The average molecular weight is 269 g/mol. The SMILES string of the molecule is O=C(O)[C@@]1(Nc2cccc(F)c2)CCOC1.O=C=O. The van der Waals surface area contributed by atoms with Gasteiger partial charge in [0.2, 0.25) is 0 Å². The molecule has 2 rings (SSSR count). The van der Waals surface area contributed by atoms with E-state index < -0.39 is 17.3 Å². The standard InChI is InChI=1S/C11H12FNO3.CO2/c12-8-2-1-3-9(6-8)13-11(10(14)15)4-5-16-7-11;2-1-3/h1-3,6,13H,4-5,7H2,(H,14,15);/t11-;/m1./s1. The van der Waals surface area contributed by atoms with E-state index in [9.17, 15) is 9.18 Å². The van der Waals surface area contributed by atoms with Gasteiger partial charge in [-0.1, -0.05) is 6.07 Å². The van der Waals surface area contributed by atoms with Gasteiger partial charge in [0.05, 0.1) is 6.61 Å². The number of anilines is 1. The van der Waals surface area contributed by atoms with E-state index in [1.807, 2.05) is 0 Å². The van der Waals surface area contributed by atoms with Crippen LogP contribution in [0, 0.1) is 5.82 Å². The maximum atomic E-state index is 12.9. The molecule has 1 fully saturated rings. The Labute approximate surface area is 108 Å². The molecule has 1 aliphatic rings. The molecule has 7 heteroatoms. The van der Waals surface area contributed by atoms with Crippen molar-refractivity contribution in [3.05, 3.63) is 30.1 Å². The first-order valence-corrected chi connectivity index (χ1v) is 5.38. The predicted octanol–water partition coefficient (Wildman–Crippen LogP) is 0.898. The highest BCUT2D eigenvalue weighted by Crippen LogP contribution is 2.25. The second-order valence-corrected chi connectivity index (χ2v) is 3.91. The summed E-state index contributed by atoms with van der Waals surface area (Å²) in [5.41, 5.74) is -0.679. The molecule has 1 aromatic rings.